The second kappa shape index (κ2) is 10.8. The van der Waals surface area contributed by atoms with Gasteiger partial charge in [-0.1, -0.05) is 40.2 Å². The highest BCUT2D eigenvalue weighted by Crippen LogP contribution is 2.21. The highest BCUT2D eigenvalue weighted by molar-refractivity contribution is 9.10. The molecule has 0 saturated carbocycles. The standard InChI is InChI=1S/C23H17Br2N3O4/c1-14-11-16(24)9-10-20(14)27-21(29)22(30)28-26-13-15-5-4-6-17(12-15)32-23(31)18-7-2-3-8-19(18)25/h2-13H,1H3,(H,27,29)(H,28,30)/b26-13+. The first-order valence-corrected chi connectivity index (χ1v) is 10.9. The Bertz CT molecular complexity index is 1210. The van der Waals surface area contributed by atoms with Crippen molar-refractivity contribution < 1.29 is 19.1 Å². The number of hydrogen-bond donors (Lipinski definition) is 2. The van der Waals surface area contributed by atoms with Crippen LogP contribution in [-0.2, 0) is 9.59 Å². The van der Waals surface area contributed by atoms with E-state index in [4.69, 9.17) is 4.74 Å². The molecule has 2 amide bonds. The molecule has 9 heteroatoms. The molecule has 0 heterocycles. The topological polar surface area (TPSA) is 96.9 Å². The molecule has 0 spiro atoms. The third kappa shape index (κ3) is 6.35. The first kappa shape index (κ1) is 23.4. The summed E-state index contributed by atoms with van der Waals surface area (Å²) in [4.78, 5) is 36.4. The summed E-state index contributed by atoms with van der Waals surface area (Å²) in [6.45, 7) is 1.81. The van der Waals surface area contributed by atoms with Crippen LogP contribution in [0, 0.1) is 6.92 Å². The number of halogens is 2. The molecule has 0 aliphatic carbocycles. The van der Waals surface area contributed by atoms with Crippen molar-refractivity contribution in [1.29, 1.82) is 0 Å². The van der Waals surface area contributed by atoms with Crippen LogP contribution in [0.3, 0.4) is 0 Å². The number of esters is 1. The van der Waals surface area contributed by atoms with Gasteiger partial charge >= 0.3 is 17.8 Å². The van der Waals surface area contributed by atoms with Crippen LogP contribution in [0.15, 0.2) is 80.8 Å². The fourth-order valence-electron chi connectivity index (χ4n) is 2.61. The second-order valence-corrected chi connectivity index (χ2v) is 8.32. The summed E-state index contributed by atoms with van der Waals surface area (Å²) in [7, 11) is 0. The Morgan fingerprint density at radius 3 is 2.47 bits per heavy atom. The molecule has 0 fully saturated rings. The van der Waals surface area contributed by atoms with E-state index in [1.54, 1.807) is 60.7 Å². The van der Waals surface area contributed by atoms with Crippen molar-refractivity contribution in [3.8, 4) is 5.75 Å². The molecule has 32 heavy (non-hydrogen) atoms. The Kier molecular flexibility index (Phi) is 7.91. The number of hydrogen-bond acceptors (Lipinski definition) is 5. The monoisotopic (exact) mass is 557 g/mol. The second-order valence-electron chi connectivity index (χ2n) is 6.55. The van der Waals surface area contributed by atoms with Gasteiger partial charge in [-0.15, -0.1) is 0 Å². The lowest BCUT2D eigenvalue weighted by atomic mass is 10.2. The number of nitrogens with zero attached hydrogens (tertiary/aromatic N) is 1. The van der Waals surface area contributed by atoms with Gasteiger partial charge < -0.3 is 10.1 Å². The van der Waals surface area contributed by atoms with Gasteiger partial charge in [-0.05, 0) is 76.4 Å². The molecular formula is C23H17Br2N3O4. The van der Waals surface area contributed by atoms with Crippen LogP contribution >= 0.6 is 31.9 Å². The highest BCUT2D eigenvalue weighted by Gasteiger charge is 2.14. The quantitative estimate of drug-likeness (QED) is 0.154. The number of amides is 2. The minimum atomic E-state index is -0.917. The zero-order valence-electron chi connectivity index (χ0n) is 16.8. The number of carbonyl (C=O) groups is 3. The number of carbonyl (C=O) groups excluding carboxylic acids is 3. The number of aryl methyl sites for hydroxylation is 1. The number of rotatable bonds is 5. The third-order valence-corrected chi connectivity index (χ3v) is 5.37. The summed E-state index contributed by atoms with van der Waals surface area (Å²) in [6, 6.07) is 18.8. The molecule has 0 saturated heterocycles. The third-order valence-electron chi connectivity index (χ3n) is 4.19. The van der Waals surface area contributed by atoms with Gasteiger partial charge in [-0.2, -0.15) is 5.10 Å². The highest BCUT2D eigenvalue weighted by atomic mass is 79.9. The summed E-state index contributed by atoms with van der Waals surface area (Å²) in [5.41, 5.74) is 4.46. The molecule has 0 bridgehead atoms. The molecule has 2 N–H and O–H groups in total. The van der Waals surface area contributed by atoms with Gasteiger partial charge in [0, 0.05) is 14.6 Å². The van der Waals surface area contributed by atoms with Crippen LogP contribution in [0.1, 0.15) is 21.5 Å². The Balaban J connectivity index is 1.58. The van der Waals surface area contributed by atoms with Crippen molar-refractivity contribution in [3.05, 3.63) is 92.4 Å². The Labute approximate surface area is 201 Å². The van der Waals surface area contributed by atoms with E-state index in [0.29, 0.717) is 27.0 Å². The van der Waals surface area contributed by atoms with Crippen molar-refractivity contribution in [2.75, 3.05) is 5.32 Å². The SMILES string of the molecule is Cc1cc(Br)ccc1NC(=O)C(=O)N/N=C/c1cccc(OC(=O)c2ccccc2Br)c1. The van der Waals surface area contributed by atoms with Crippen LogP contribution in [0.25, 0.3) is 0 Å². The number of nitrogens with one attached hydrogen (secondary N) is 2. The van der Waals surface area contributed by atoms with Crippen LogP contribution in [0.5, 0.6) is 5.75 Å². The normalized spacial score (nSPS) is 10.6. The lowest BCUT2D eigenvalue weighted by Crippen LogP contribution is -2.32. The number of hydrazone groups is 1. The van der Waals surface area contributed by atoms with Crippen LogP contribution < -0.4 is 15.5 Å². The van der Waals surface area contributed by atoms with Crippen LogP contribution in [0.2, 0.25) is 0 Å². The van der Waals surface area contributed by atoms with Gasteiger partial charge in [0.25, 0.3) is 0 Å². The van der Waals surface area contributed by atoms with Gasteiger partial charge in [0.1, 0.15) is 5.75 Å². The molecular weight excluding hydrogens is 542 g/mol. The van der Waals surface area contributed by atoms with E-state index in [0.717, 1.165) is 10.0 Å². The van der Waals surface area contributed by atoms with E-state index in [1.165, 1.54) is 6.21 Å². The minimum absolute atomic E-state index is 0.310. The van der Waals surface area contributed by atoms with Crippen molar-refractivity contribution in [2.24, 2.45) is 5.10 Å². The summed E-state index contributed by atoms with van der Waals surface area (Å²) >= 11 is 6.65. The molecule has 0 atom stereocenters. The number of ether oxygens (including phenoxy) is 1. The van der Waals surface area contributed by atoms with E-state index >= 15 is 0 Å². The van der Waals surface area contributed by atoms with Gasteiger partial charge in [-0.25, -0.2) is 10.2 Å². The zero-order chi connectivity index (χ0) is 23.1. The van der Waals surface area contributed by atoms with E-state index in [1.807, 2.05) is 13.0 Å². The predicted molar refractivity (Wildman–Crippen MR) is 129 cm³/mol. The maximum Gasteiger partial charge on any atom is 0.344 e. The zero-order valence-corrected chi connectivity index (χ0v) is 19.9. The molecule has 0 radical (unpaired) electrons. The van der Waals surface area contributed by atoms with Crippen molar-refractivity contribution in [2.45, 2.75) is 6.92 Å². The van der Waals surface area contributed by atoms with Gasteiger partial charge in [0.05, 0.1) is 11.8 Å². The largest absolute Gasteiger partial charge is 0.423 e. The first-order chi connectivity index (χ1) is 15.3. The van der Waals surface area contributed by atoms with Crippen molar-refractivity contribution in [3.63, 3.8) is 0 Å². The predicted octanol–water partition coefficient (Wildman–Crippen LogP) is 4.83. The van der Waals surface area contributed by atoms with E-state index < -0.39 is 17.8 Å². The first-order valence-electron chi connectivity index (χ1n) is 9.31. The molecule has 0 aromatic heterocycles. The Hall–Kier alpha value is -3.30. The average Bonchev–Trinajstić information content (AvgIpc) is 2.76. The molecule has 0 aliphatic heterocycles. The summed E-state index contributed by atoms with van der Waals surface area (Å²) in [5.74, 6) is -1.96. The van der Waals surface area contributed by atoms with E-state index in [2.05, 4.69) is 47.7 Å². The Morgan fingerprint density at radius 1 is 0.938 bits per heavy atom. The molecule has 0 aliphatic rings. The number of anilines is 1. The van der Waals surface area contributed by atoms with Gasteiger partial charge in [0.15, 0.2) is 0 Å². The number of benzene rings is 3. The van der Waals surface area contributed by atoms with Crippen molar-refractivity contribution in [1.82, 2.24) is 5.43 Å². The van der Waals surface area contributed by atoms with Gasteiger partial charge in [-0.3, -0.25) is 9.59 Å². The summed E-state index contributed by atoms with van der Waals surface area (Å²) in [6.07, 6.45) is 1.34. The molecule has 3 rings (SSSR count). The maximum absolute atomic E-state index is 12.3. The van der Waals surface area contributed by atoms with Gasteiger partial charge in [0.2, 0.25) is 0 Å². The fraction of sp³-hybridized carbons (Fsp3) is 0.0435. The van der Waals surface area contributed by atoms with E-state index in [-0.39, 0.29) is 0 Å². The van der Waals surface area contributed by atoms with E-state index in [9.17, 15) is 14.4 Å². The molecule has 3 aromatic rings. The molecule has 7 nitrogen and oxygen atoms in total. The minimum Gasteiger partial charge on any atom is -0.423 e. The summed E-state index contributed by atoms with van der Waals surface area (Å²) < 4.78 is 6.88. The molecule has 3 aromatic carbocycles. The Morgan fingerprint density at radius 2 is 1.72 bits per heavy atom. The fourth-order valence-corrected chi connectivity index (χ4v) is 3.53. The van der Waals surface area contributed by atoms with Crippen LogP contribution in [-0.4, -0.2) is 24.0 Å². The lowest BCUT2D eigenvalue weighted by Gasteiger charge is -2.07. The summed E-state index contributed by atoms with van der Waals surface area (Å²) in [5, 5.41) is 6.32. The smallest absolute Gasteiger partial charge is 0.344 e. The molecule has 0 unspecified atom stereocenters. The van der Waals surface area contributed by atoms with Crippen molar-refractivity contribution >= 4 is 61.5 Å². The van der Waals surface area contributed by atoms with Crippen LogP contribution in [0.4, 0.5) is 5.69 Å². The lowest BCUT2D eigenvalue weighted by molar-refractivity contribution is -0.136. The molecule has 162 valence electrons. The average molecular weight is 559 g/mol. The maximum atomic E-state index is 12.3.